The Balaban J connectivity index is 1.79. The first-order valence-electron chi connectivity index (χ1n) is 11.5. The van der Waals surface area contributed by atoms with E-state index in [9.17, 15) is 19.5 Å². The van der Waals surface area contributed by atoms with Crippen molar-refractivity contribution >= 4 is 52.6 Å². The van der Waals surface area contributed by atoms with E-state index in [-0.39, 0.29) is 28.2 Å². The van der Waals surface area contributed by atoms with Crippen molar-refractivity contribution < 1.29 is 38.4 Å². The normalized spacial score (nSPS) is 22.2. The number of pyridine rings is 1. The van der Waals surface area contributed by atoms with Crippen LogP contribution in [0.3, 0.4) is 0 Å². The zero-order chi connectivity index (χ0) is 29.0. The topological polar surface area (TPSA) is 189 Å². The lowest BCUT2D eigenvalue weighted by molar-refractivity contribution is -0.212. The number of rotatable bonds is 8. The van der Waals surface area contributed by atoms with E-state index in [4.69, 9.17) is 35.8 Å². The van der Waals surface area contributed by atoms with Crippen LogP contribution in [-0.2, 0) is 33.3 Å². The number of nitrogens with zero attached hydrogens (tertiary/aromatic N) is 6. The molecule has 0 aromatic carbocycles. The van der Waals surface area contributed by atoms with Gasteiger partial charge in [-0.05, 0) is 6.07 Å². The van der Waals surface area contributed by atoms with E-state index >= 15 is 0 Å². The Hall–Kier alpha value is -3.78. The van der Waals surface area contributed by atoms with Crippen molar-refractivity contribution in [2.45, 2.75) is 55.5 Å². The van der Waals surface area contributed by atoms with Crippen LogP contribution in [0.2, 0.25) is 5.02 Å². The maximum Gasteiger partial charge on any atom is 0.303 e. The van der Waals surface area contributed by atoms with Crippen molar-refractivity contribution in [1.82, 2.24) is 25.0 Å². The zero-order valence-corrected chi connectivity index (χ0v) is 23.5. The standard InChI is InChI=1S/C23H21ClN6O8S2/c1-10(31)35-8-18-20(36-11(2)32)19(30-7-16(28-29-30)17-9-39-23(34)27-17)21(37-12(3)33)22(38-18)40-13-4-14(24)15(5-25)26-6-13/h4,6-7,9,18-22H,8H2,1-3H3,(H,27,34)/t18-,19+,20+,21-,22-/m1/s1. The summed E-state index contributed by atoms with van der Waals surface area (Å²) in [4.78, 5) is 44.6. The average Bonchev–Trinajstić information content (AvgIpc) is 3.53. The van der Waals surface area contributed by atoms with Crippen molar-refractivity contribution in [2.75, 3.05) is 6.61 Å². The first-order chi connectivity index (χ1) is 19.0. The third-order valence-corrected chi connectivity index (χ3v) is 7.45. The van der Waals surface area contributed by atoms with Gasteiger partial charge in [0, 0.05) is 37.2 Å². The van der Waals surface area contributed by atoms with E-state index in [0.717, 1.165) is 23.1 Å². The highest BCUT2D eigenvalue weighted by atomic mass is 35.5. The summed E-state index contributed by atoms with van der Waals surface area (Å²) in [7, 11) is 0. The fraction of sp³-hybridized carbons (Fsp3) is 0.391. The molecule has 0 amide bonds. The molecule has 5 atom stereocenters. The van der Waals surface area contributed by atoms with E-state index in [0.29, 0.717) is 10.6 Å². The van der Waals surface area contributed by atoms with Crippen molar-refractivity contribution in [1.29, 1.82) is 5.26 Å². The lowest BCUT2D eigenvalue weighted by atomic mass is 9.96. The second kappa shape index (κ2) is 12.6. The fourth-order valence-corrected chi connectivity index (χ4v) is 5.83. The summed E-state index contributed by atoms with van der Waals surface area (Å²) in [6.45, 7) is 3.31. The van der Waals surface area contributed by atoms with Gasteiger partial charge in [-0.25, -0.2) is 14.6 Å². The number of carbonyl (C=O) groups excluding carboxylic acids is 3. The predicted octanol–water partition coefficient (Wildman–Crippen LogP) is 2.51. The molecule has 4 rings (SSSR count). The van der Waals surface area contributed by atoms with Crippen LogP contribution in [0.1, 0.15) is 32.5 Å². The Morgan fingerprint density at radius 3 is 2.52 bits per heavy atom. The minimum absolute atomic E-state index is 0.0240. The molecule has 3 aromatic heterocycles. The van der Waals surface area contributed by atoms with Crippen LogP contribution < -0.4 is 0 Å². The predicted molar refractivity (Wildman–Crippen MR) is 138 cm³/mol. The molecule has 40 heavy (non-hydrogen) atoms. The highest BCUT2D eigenvalue weighted by Gasteiger charge is 2.52. The summed E-state index contributed by atoms with van der Waals surface area (Å²) in [6, 6.07) is 2.36. The Morgan fingerprint density at radius 1 is 1.20 bits per heavy atom. The third-order valence-electron chi connectivity index (χ3n) is 5.42. The summed E-state index contributed by atoms with van der Waals surface area (Å²) in [5.74, 6) is -1.93. The van der Waals surface area contributed by atoms with E-state index in [1.807, 2.05) is 6.07 Å². The molecular formula is C23H21ClN6O8S2. The van der Waals surface area contributed by atoms with Crippen molar-refractivity contribution in [3.8, 4) is 22.7 Å². The smallest absolute Gasteiger partial charge is 0.303 e. The van der Waals surface area contributed by atoms with Crippen LogP contribution in [0.5, 0.6) is 5.19 Å². The van der Waals surface area contributed by atoms with Gasteiger partial charge in [0.2, 0.25) is 0 Å². The van der Waals surface area contributed by atoms with Gasteiger partial charge in [0.15, 0.2) is 17.9 Å². The number of hydrogen-bond donors (Lipinski definition) is 1. The highest BCUT2D eigenvalue weighted by molar-refractivity contribution is 7.99. The van der Waals surface area contributed by atoms with Crippen LogP contribution in [0.15, 0.2) is 28.7 Å². The number of thioether (sulfide) groups is 1. The quantitative estimate of drug-likeness (QED) is 0.290. The number of esters is 3. The molecule has 0 bridgehead atoms. The number of aromatic nitrogens is 5. The van der Waals surface area contributed by atoms with Gasteiger partial charge in [-0.15, -0.1) is 5.10 Å². The van der Waals surface area contributed by atoms with Crippen molar-refractivity contribution in [2.24, 2.45) is 0 Å². The minimum atomic E-state index is -1.15. The van der Waals surface area contributed by atoms with Gasteiger partial charge in [-0.3, -0.25) is 14.4 Å². The number of nitriles is 1. The maximum atomic E-state index is 12.3. The Morgan fingerprint density at radius 2 is 1.93 bits per heavy atom. The number of ether oxygens (including phenoxy) is 4. The summed E-state index contributed by atoms with van der Waals surface area (Å²) < 4.78 is 24.0. The minimum Gasteiger partial charge on any atom is -0.486 e. The fourth-order valence-electron chi connectivity index (χ4n) is 3.90. The summed E-state index contributed by atoms with van der Waals surface area (Å²) in [5.41, 5.74) is -0.330. The lowest BCUT2D eigenvalue weighted by Crippen LogP contribution is -2.57. The van der Waals surface area contributed by atoms with Gasteiger partial charge in [0.25, 0.3) is 5.19 Å². The van der Waals surface area contributed by atoms with E-state index in [1.54, 1.807) is 5.38 Å². The van der Waals surface area contributed by atoms with Gasteiger partial charge in [0.05, 0.1) is 11.2 Å². The van der Waals surface area contributed by atoms with Crippen molar-refractivity contribution in [3.63, 3.8) is 0 Å². The third kappa shape index (κ3) is 6.86. The summed E-state index contributed by atoms with van der Waals surface area (Å²) in [5, 5.41) is 28.6. The number of aromatic hydroxyl groups is 1. The second-order valence-corrected chi connectivity index (χ2v) is 10.7. The molecule has 0 unspecified atom stereocenters. The molecule has 1 fully saturated rings. The largest absolute Gasteiger partial charge is 0.486 e. The van der Waals surface area contributed by atoms with Crippen LogP contribution in [0.4, 0.5) is 0 Å². The molecule has 4 heterocycles. The summed E-state index contributed by atoms with van der Waals surface area (Å²) in [6.07, 6.45) is -0.422. The molecule has 1 N–H and O–H groups in total. The molecular weight excluding hydrogens is 588 g/mol. The highest BCUT2D eigenvalue weighted by Crippen LogP contribution is 2.42. The van der Waals surface area contributed by atoms with Gasteiger partial charge >= 0.3 is 17.9 Å². The van der Waals surface area contributed by atoms with Gasteiger partial charge in [0.1, 0.15) is 41.6 Å². The average molecular weight is 609 g/mol. The van der Waals surface area contributed by atoms with E-state index < -0.39 is 47.7 Å². The number of halogens is 1. The lowest BCUT2D eigenvalue weighted by Gasteiger charge is -2.44. The zero-order valence-electron chi connectivity index (χ0n) is 21.1. The SMILES string of the molecule is CC(=O)OC[C@H]1O[C@H](Sc2cnc(C#N)c(Cl)c2)[C@H](OC(C)=O)[C@@H](n2cc(-c3csc(O)n3)nn2)[C@H]1OC(C)=O. The van der Waals surface area contributed by atoms with E-state index in [2.05, 4.69) is 20.3 Å². The van der Waals surface area contributed by atoms with Gasteiger partial charge in [-0.2, -0.15) is 5.26 Å². The monoisotopic (exact) mass is 608 g/mol. The van der Waals surface area contributed by atoms with Crippen LogP contribution in [-0.4, -0.2) is 78.3 Å². The molecule has 0 radical (unpaired) electrons. The molecule has 1 saturated heterocycles. The van der Waals surface area contributed by atoms with E-state index in [1.165, 1.54) is 43.9 Å². The Labute approximate surface area is 240 Å². The number of carbonyl (C=O) groups is 3. The van der Waals surface area contributed by atoms with Crippen LogP contribution >= 0.6 is 34.7 Å². The Kier molecular flexibility index (Phi) is 9.20. The van der Waals surface area contributed by atoms with Crippen LogP contribution in [0, 0.1) is 11.3 Å². The first kappa shape index (κ1) is 29.2. The van der Waals surface area contributed by atoms with Gasteiger partial charge < -0.3 is 24.1 Å². The molecule has 0 saturated carbocycles. The van der Waals surface area contributed by atoms with Crippen molar-refractivity contribution in [3.05, 3.63) is 34.6 Å². The number of thiazole rings is 1. The Bertz CT molecular complexity index is 1460. The van der Waals surface area contributed by atoms with Crippen LogP contribution in [0.25, 0.3) is 11.4 Å². The maximum absolute atomic E-state index is 12.3. The molecule has 17 heteroatoms. The molecule has 210 valence electrons. The molecule has 1 aliphatic heterocycles. The van der Waals surface area contributed by atoms with Gasteiger partial charge in [-0.1, -0.05) is 39.9 Å². The second-order valence-electron chi connectivity index (χ2n) is 8.31. The summed E-state index contributed by atoms with van der Waals surface area (Å²) >= 11 is 8.23. The molecule has 3 aromatic rings. The molecule has 0 aliphatic carbocycles. The molecule has 0 spiro atoms. The first-order valence-corrected chi connectivity index (χ1v) is 13.6. The molecule has 1 aliphatic rings. The number of hydrogen-bond acceptors (Lipinski definition) is 15. The molecule has 14 nitrogen and oxygen atoms in total.